The van der Waals surface area contributed by atoms with Gasteiger partial charge in [0, 0.05) is 44.2 Å². The van der Waals surface area contributed by atoms with Crippen molar-refractivity contribution >= 4 is 52.9 Å². The summed E-state index contributed by atoms with van der Waals surface area (Å²) in [5, 5.41) is 8.47. The Morgan fingerprint density at radius 2 is 2.04 bits per heavy atom. The summed E-state index contributed by atoms with van der Waals surface area (Å²) in [6.07, 6.45) is 1.54. The van der Waals surface area contributed by atoms with Crippen molar-refractivity contribution in [3.05, 3.63) is 52.2 Å². The van der Waals surface area contributed by atoms with Crippen molar-refractivity contribution in [1.29, 1.82) is 0 Å². The number of nitrogens with zero attached hydrogens (tertiary/aromatic N) is 2. The summed E-state index contributed by atoms with van der Waals surface area (Å²) in [6, 6.07) is 12.2. The Bertz CT molecular complexity index is 747. The molecule has 2 N–H and O–H groups in total. The van der Waals surface area contributed by atoms with Crippen LogP contribution in [0.5, 0.6) is 0 Å². The Balaban J connectivity index is 0.00000392. The second kappa shape index (κ2) is 12.8. The van der Waals surface area contributed by atoms with Gasteiger partial charge in [0.05, 0.1) is 0 Å². The third-order valence-corrected chi connectivity index (χ3v) is 5.04. The van der Waals surface area contributed by atoms with E-state index in [-0.39, 0.29) is 29.9 Å². The van der Waals surface area contributed by atoms with Crippen LogP contribution in [0.25, 0.3) is 0 Å². The topological polar surface area (TPSA) is 56.7 Å². The summed E-state index contributed by atoms with van der Waals surface area (Å²) in [5.74, 6) is 1.27. The SMILES string of the molecule is CN=C(NCc1cccc(NC(=O)CC(C)C)c1)N(C)CCc1cccs1.I. The number of hydrogen-bond donors (Lipinski definition) is 2. The van der Waals surface area contributed by atoms with Crippen molar-refractivity contribution in [2.75, 3.05) is 26.0 Å². The summed E-state index contributed by atoms with van der Waals surface area (Å²) in [4.78, 5) is 19.8. The van der Waals surface area contributed by atoms with Crippen LogP contribution in [0.2, 0.25) is 0 Å². The molecule has 5 nitrogen and oxygen atoms in total. The monoisotopic (exact) mass is 514 g/mol. The number of halogens is 1. The summed E-state index contributed by atoms with van der Waals surface area (Å²) >= 11 is 1.78. The van der Waals surface area contributed by atoms with Crippen molar-refractivity contribution < 1.29 is 4.79 Å². The van der Waals surface area contributed by atoms with E-state index in [0.29, 0.717) is 18.9 Å². The lowest BCUT2D eigenvalue weighted by atomic mass is 10.1. The molecular weight excluding hydrogens is 483 g/mol. The van der Waals surface area contributed by atoms with Gasteiger partial charge in [-0.1, -0.05) is 32.0 Å². The number of amides is 1. The van der Waals surface area contributed by atoms with Crippen molar-refractivity contribution in [3.63, 3.8) is 0 Å². The van der Waals surface area contributed by atoms with Crippen molar-refractivity contribution in [3.8, 4) is 0 Å². The van der Waals surface area contributed by atoms with Crippen LogP contribution < -0.4 is 10.6 Å². The maximum Gasteiger partial charge on any atom is 0.224 e. The number of aliphatic imine (C=N–C) groups is 1. The Morgan fingerprint density at radius 3 is 2.68 bits per heavy atom. The number of carbonyl (C=O) groups excluding carboxylic acids is 1. The third-order valence-electron chi connectivity index (χ3n) is 4.10. The minimum absolute atomic E-state index is 0. The van der Waals surface area contributed by atoms with E-state index in [1.54, 1.807) is 18.4 Å². The lowest BCUT2D eigenvalue weighted by molar-refractivity contribution is -0.116. The van der Waals surface area contributed by atoms with E-state index in [1.165, 1.54) is 4.88 Å². The lowest BCUT2D eigenvalue weighted by Crippen LogP contribution is -2.39. The third kappa shape index (κ3) is 8.60. The highest BCUT2D eigenvalue weighted by Gasteiger charge is 2.08. The second-order valence-electron chi connectivity index (χ2n) is 7.00. The number of rotatable bonds is 8. The molecule has 1 amide bonds. The highest BCUT2D eigenvalue weighted by molar-refractivity contribution is 14.0. The number of thiophene rings is 1. The smallest absolute Gasteiger partial charge is 0.224 e. The van der Waals surface area contributed by atoms with Gasteiger partial charge in [0.25, 0.3) is 0 Å². The molecule has 0 saturated carbocycles. The molecule has 28 heavy (non-hydrogen) atoms. The normalized spacial score (nSPS) is 11.1. The lowest BCUT2D eigenvalue weighted by Gasteiger charge is -2.22. The van der Waals surface area contributed by atoms with Gasteiger partial charge in [0.15, 0.2) is 5.96 Å². The first-order valence-corrected chi connectivity index (χ1v) is 10.2. The number of nitrogens with one attached hydrogen (secondary N) is 2. The number of likely N-dealkylation sites (N-methyl/N-ethyl adjacent to an activating group) is 1. The molecule has 154 valence electrons. The van der Waals surface area contributed by atoms with Crippen molar-refractivity contribution in [1.82, 2.24) is 10.2 Å². The van der Waals surface area contributed by atoms with E-state index < -0.39 is 0 Å². The van der Waals surface area contributed by atoms with E-state index in [4.69, 9.17) is 0 Å². The quantitative estimate of drug-likeness (QED) is 0.308. The predicted octanol–water partition coefficient (Wildman–Crippen LogP) is 4.60. The molecule has 0 aliphatic carbocycles. The van der Waals surface area contributed by atoms with Crippen molar-refractivity contribution in [2.45, 2.75) is 33.2 Å². The van der Waals surface area contributed by atoms with Crippen LogP contribution >= 0.6 is 35.3 Å². The van der Waals surface area contributed by atoms with Gasteiger partial charge >= 0.3 is 0 Å². The maximum atomic E-state index is 12.0. The molecule has 0 atom stereocenters. The second-order valence-corrected chi connectivity index (χ2v) is 8.03. The van der Waals surface area contributed by atoms with Gasteiger partial charge in [-0.25, -0.2) is 0 Å². The van der Waals surface area contributed by atoms with Gasteiger partial charge in [-0.3, -0.25) is 9.79 Å². The van der Waals surface area contributed by atoms with E-state index in [0.717, 1.165) is 30.2 Å². The van der Waals surface area contributed by atoms with Gasteiger partial charge in [-0.2, -0.15) is 0 Å². The van der Waals surface area contributed by atoms with Gasteiger partial charge in [0.2, 0.25) is 5.91 Å². The maximum absolute atomic E-state index is 12.0. The fraction of sp³-hybridized carbons (Fsp3) is 0.429. The van der Waals surface area contributed by atoms with Crippen LogP contribution in [-0.2, 0) is 17.8 Å². The summed E-state index contributed by atoms with van der Waals surface area (Å²) in [7, 11) is 3.85. The van der Waals surface area contributed by atoms with Crippen LogP contribution in [0.3, 0.4) is 0 Å². The standard InChI is InChI=1S/C21H30N4OS.HI/c1-16(2)13-20(26)24-18-8-5-7-17(14-18)15-23-21(22-3)25(4)11-10-19-9-6-12-27-19;/h5-9,12,14,16H,10-11,13,15H2,1-4H3,(H,22,23)(H,24,26);1H. The molecule has 1 heterocycles. The molecule has 0 saturated heterocycles. The molecule has 0 unspecified atom stereocenters. The molecule has 0 spiro atoms. The molecular formula is C21H31IN4OS. The average Bonchev–Trinajstić information content (AvgIpc) is 3.13. The molecule has 0 radical (unpaired) electrons. The van der Waals surface area contributed by atoms with Crippen LogP contribution in [-0.4, -0.2) is 37.4 Å². The van der Waals surface area contributed by atoms with Crippen molar-refractivity contribution in [2.24, 2.45) is 10.9 Å². The van der Waals surface area contributed by atoms with Crippen LogP contribution in [0, 0.1) is 5.92 Å². The minimum Gasteiger partial charge on any atom is -0.352 e. The number of anilines is 1. The van der Waals surface area contributed by atoms with E-state index in [2.05, 4.69) is 38.0 Å². The molecule has 1 aromatic heterocycles. The Hall–Kier alpha value is -1.61. The number of guanidine groups is 1. The highest BCUT2D eigenvalue weighted by Crippen LogP contribution is 2.13. The number of benzene rings is 1. The van der Waals surface area contributed by atoms with Crippen LogP contribution in [0.1, 0.15) is 30.7 Å². The summed E-state index contributed by atoms with van der Waals surface area (Å²) in [6.45, 7) is 5.65. The number of hydrogen-bond acceptors (Lipinski definition) is 3. The molecule has 0 bridgehead atoms. The van der Waals surface area contributed by atoms with Gasteiger partial charge in [0.1, 0.15) is 0 Å². The molecule has 2 rings (SSSR count). The molecule has 7 heteroatoms. The van der Waals surface area contributed by atoms with E-state index in [9.17, 15) is 4.79 Å². The summed E-state index contributed by atoms with van der Waals surface area (Å²) in [5.41, 5.74) is 1.94. The van der Waals surface area contributed by atoms with Gasteiger partial charge < -0.3 is 15.5 Å². The number of carbonyl (C=O) groups is 1. The van der Waals surface area contributed by atoms with Gasteiger partial charge in [-0.05, 0) is 41.5 Å². The fourth-order valence-corrected chi connectivity index (χ4v) is 3.44. The molecule has 0 aliphatic rings. The Kier molecular flexibility index (Phi) is 11.1. The van der Waals surface area contributed by atoms with Crippen LogP contribution in [0.4, 0.5) is 5.69 Å². The minimum atomic E-state index is 0. The Labute approximate surface area is 189 Å². The largest absolute Gasteiger partial charge is 0.352 e. The molecule has 0 fully saturated rings. The van der Waals surface area contributed by atoms with Crippen LogP contribution in [0.15, 0.2) is 46.8 Å². The zero-order valence-electron chi connectivity index (χ0n) is 17.1. The zero-order chi connectivity index (χ0) is 19.6. The first-order chi connectivity index (χ1) is 13.0. The fourth-order valence-electron chi connectivity index (χ4n) is 2.75. The molecule has 2 aromatic rings. The van der Waals surface area contributed by atoms with E-state index in [1.807, 2.05) is 45.2 Å². The molecule has 1 aromatic carbocycles. The Morgan fingerprint density at radius 1 is 1.25 bits per heavy atom. The highest BCUT2D eigenvalue weighted by atomic mass is 127. The first kappa shape index (κ1) is 24.4. The predicted molar refractivity (Wildman–Crippen MR) is 131 cm³/mol. The average molecular weight is 514 g/mol. The summed E-state index contributed by atoms with van der Waals surface area (Å²) < 4.78 is 0. The van der Waals surface area contributed by atoms with E-state index >= 15 is 0 Å². The zero-order valence-corrected chi connectivity index (χ0v) is 20.2. The first-order valence-electron chi connectivity index (χ1n) is 9.31. The van der Waals surface area contributed by atoms with Gasteiger partial charge in [-0.15, -0.1) is 35.3 Å². The molecule has 0 aliphatic heterocycles.